The Bertz CT molecular complexity index is 824. The van der Waals surface area contributed by atoms with Crippen molar-refractivity contribution >= 4 is 28.8 Å². The van der Waals surface area contributed by atoms with Gasteiger partial charge in [-0.25, -0.2) is 4.98 Å². The number of fused-ring (bicyclic) bond motifs is 1. The molecule has 0 spiro atoms. The molecule has 6 nitrogen and oxygen atoms in total. The molecular weight excluding hydrogens is 316 g/mol. The summed E-state index contributed by atoms with van der Waals surface area (Å²) in [6.07, 6.45) is 1.98. The third-order valence-electron chi connectivity index (χ3n) is 3.21. The summed E-state index contributed by atoms with van der Waals surface area (Å²) in [6.45, 7) is 0.189. The van der Waals surface area contributed by atoms with Crippen LogP contribution in [0, 0.1) is 0 Å². The van der Waals surface area contributed by atoms with Gasteiger partial charge >= 0.3 is 0 Å². The number of thioether (sulfide) groups is 1. The van der Waals surface area contributed by atoms with Crippen LogP contribution in [0.1, 0.15) is 22.2 Å². The van der Waals surface area contributed by atoms with Crippen LogP contribution in [0.15, 0.2) is 39.2 Å². The second kappa shape index (κ2) is 6.78. The number of hydrogen-bond acceptors (Lipinski definition) is 6. The Kier molecular flexibility index (Phi) is 4.57. The number of nitrogens with zero attached hydrogens (tertiary/aromatic N) is 1. The first-order valence-electron chi connectivity index (χ1n) is 6.99. The first-order chi connectivity index (χ1) is 11.2. The average Bonchev–Trinajstić information content (AvgIpc) is 3.18. The summed E-state index contributed by atoms with van der Waals surface area (Å²) >= 11 is 1.63. The molecule has 0 radical (unpaired) electrons. The van der Waals surface area contributed by atoms with Gasteiger partial charge in [-0.15, -0.1) is 0 Å². The number of furan rings is 1. The van der Waals surface area contributed by atoms with Crippen molar-refractivity contribution in [2.24, 2.45) is 0 Å². The van der Waals surface area contributed by atoms with Crippen LogP contribution >= 0.6 is 11.8 Å². The summed E-state index contributed by atoms with van der Waals surface area (Å²) in [4.78, 5) is 16.4. The number of carbonyl (C=O) groups is 1. The highest BCUT2D eigenvalue weighted by Crippen LogP contribution is 2.21. The molecule has 0 unspecified atom stereocenters. The Balaban J connectivity index is 1.66. The van der Waals surface area contributed by atoms with Crippen molar-refractivity contribution < 1.29 is 18.4 Å². The van der Waals surface area contributed by atoms with E-state index in [2.05, 4.69) is 10.3 Å². The van der Waals surface area contributed by atoms with E-state index in [-0.39, 0.29) is 18.2 Å². The van der Waals surface area contributed by atoms with Crippen molar-refractivity contribution in [3.8, 4) is 5.75 Å². The number of methoxy groups -OCH3 is 1. The van der Waals surface area contributed by atoms with Crippen LogP contribution in [0.4, 0.5) is 0 Å². The molecule has 1 N–H and O–H groups in total. The van der Waals surface area contributed by atoms with E-state index in [1.807, 2.05) is 6.26 Å². The Morgan fingerprint density at radius 3 is 2.96 bits per heavy atom. The fourth-order valence-corrected chi connectivity index (χ4v) is 2.56. The van der Waals surface area contributed by atoms with E-state index >= 15 is 0 Å². The predicted octanol–water partition coefficient (Wildman–Crippen LogP) is 3.22. The zero-order valence-electron chi connectivity index (χ0n) is 12.8. The highest BCUT2D eigenvalue weighted by molar-refractivity contribution is 7.97. The number of amides is 1. The van der Waals surface area contributed by atoms with Crippen LogP contribution in [0.3, 0.4) is 0 Å². The van der Waals surface area contributed by atoms with E-state index in [1.54, 1.807) is 49.2 Å². The third-order valence-corrected chi connectivity index (χ3v) is 3.78. The minimum Gasteiger partial charge on any atom is -0.497 e. The number of ether oxygens (including phenoxy) is 1. The van der Waals surface area contributed by atoms with Crippen LogP contribution < -0.4 is 10.1 Å². The van der Waals surface area contributed by atoms with Gasteiger partial charge in [0.15, 0.2) is 11.3 Å². The second-order valence-corrected chi connectivity index (χ2v) is 5.69. The Hall–Kier alpha value is -2.41. The fraction of sp³-hybridized carbons (Fsp3) is 0.250. The molecule has 0 saturated carbocycles. The molecular formula is C16H16N2O4S. The molecule has 1 amide bonds. The summed E-state index contributed by atoms with van der Waals surface area (Å²) < 4.78 is 16.2. The molecule has 2 aromatic heterocycles. The highest BCUT2D eigenvalue weighted by atomic mass is 32.2. The zero-order chi connectivity index (χ0) is 16.2. The van der Waals surface area contributed by atoms with Gasteiger partial charge in [0.2, 0.25) is 5.89 Å². The molecule has 2 heterocycles. The largest absolute Gasteiger partial charge is 0.497 e. The lowest BCUT2D eigenvalue weighted by Crippen LogP contribution is -2.22. The van der Waals surface area contributed by atoms with Gasteiger partial charge in [0.25, 0.3) is 5.91 Å². The number of aromatic nitrogens is 1. The normalized spacial score (nSPS) is 10.9. The number of benzene rings is 1. The van der Waals surface area contributed by atoms with E-state index in [1.165, 1.54) is 0 Å². The van der Waals surface area contributed by atoms with Crippen LogP contribution in [-0.4, -0.2) is 24.3 Å². The topological polar surface area (TPSA) is 77.5 Å². The minimum atomic E-state index is -0.294. The molecule has 7 heteroatoms. The predicted molar refractivity (Wildman–Crippen MR) is 87.7 cm³/mol. The van der Waals surface area contributed by atoms with E-state index in [0.717, 1.165) is 11.5 Å². The molecule has 0 aliphatic heterocycles. The van der Waals surface area contributed by atoms with Crippen molar-refractivity contribution in [2.75, 3.05) is 13.4 Å². The summed E-state index contributed by atoms with van der Waals surface area (Å²) in [6, 6.07) is 8.83. The monoisotopic (exact) mass is 332 g/mol. The van der Waals surface area contributed by atoms with Crippen molar-refractivity contribution in [3.05, 3.63) is 47.7 Å². The van der Waals surface area contributed by atoms with Crippen molar-refractivity contribution in [1.82, 2.24) is 10.3 Å². The molecule has 0 fully saturated rings. The van der Waals surface area contributed by atoms with Crippen molar-refractivity contribution in [3.63, 3.8) is 0 Å². The molecule has 23 heavy (non-hydrogen) atoms. The third kappa shape index (κ3) is 3.50. The molecule has 0 aliphatic rings. The summed E-state index contributed by atoms with van der Waals surface area (Å²) in [5.74, 6) is 2.64. The maximum atomic E-state index is 12.1. The van der Waals surface area contributed by atoms with Gasteiger partial charge in [0.1, 0.15) is 17.0 Å². The fourth-order valence-electron chi connectivity index (χ4n) is 2.12. The first kappa shape index (κ1) is 15.5. The van der Waals surface area contributed by atoms with Gasteiger partial charge in [0.05, 0.1) is 19.4 Å². The van der Waals surface area contributed by atoms with E-state index in [4.69, 9.17) is 13.6 Å². The molecule has 0 atom stereocenters. The average molecular weight is 332 g/mol. The molecule has 0 aliphatic carbocycles. The first-order valence-corrected chi connectivity index (χ1v) is 8.38. The molecule has 1 aromatic carbocycles. The smallest absolute Gasteiger partial charge is 0.287 e. The van der Waals surface area contributed by atoms with E-state index in [0.29, 0.717) is 22.7 Å². The lowest BCUT2D eigenvalue weighted by atomic mass is 10.3. The van der Waals surface area contributed by atoms with Crippen molar-refractivity contribution in [2.45, 2.75) is 12.3 Å². The molecule has 0 bridgehead atoms. The summed E-state index contributed by atoms with van der Waals surface area (Å²) in [7, 11) is 1.59. The van der Waals surface area contributed by atoms with E-state index in [9.17, 15) is 4.79 Å². The number of oxazole rings is 1. The minimum absolute atomic E-state index is 0.189. The Morgan fingerprint density at radius 2 is 2.17 bits per heavy atom. The van der Waals surface area contributed by atoms with Crippen LogP contribution in [0.5, 0.6) is 5.75 Å². The second-order valence-electron chi connectivity index (χ2n) is 4.82. The van der Waals surface area contributed by atoms with Crippen molar-refractivity contribution in [1.29, 1.82) is 0 Å². The van der Waals surface area contributed by atoms with Crippen LogP contribution in [0.2, 0.25) is 0 Å². The molecule has 3 aromatic rings. The Labute approximate surface area is 137 Å². The van der Waals surface area contributed by atoms with Gasteiger partial charge in [-0.05, 0) is 30.5 Å². The number of nitrogens with one attached hydrogen (secondary N) is 1. The standard InChI is InChI=1S/C16H16N2O4S/c1-20-10-3-5-13-12(7-10)18-15(22-13)8-17-16(19)14-6-4-11(21-14)9-23-2/h3-7H,8-9H2,1-2H3,(H,17,19). The van der Waals surface area contributed by atoms with Gasteiger partial charge in [0, 0.05) is 6.07 Å². The SMILES string of the molecule is COc1ccc2oc(CNC(=O)c3ccc(CSC)o3)nc2c1. The Morgan fingerprint density at radius 1 is 1.30 bits per heavy atom. The van der Waals surface area contributed by atoms with Gasteiger partial charge in [-0.2, -0.15) is 11.8 Å². The zero-order valence-corrected chi connectivity index (χ0v) is 13.6. The summed E-state index contributed by atoms with van der Waals surface area (Å²) in [5.41, 5.74) is 1.34. The lowest BCUT2D eigenvalue weighted by molar-refractivity contribution is 0.0918. The van der Waals surface area contributed by atoms with Gasteiger partial charge < -0.3 is 18.9 Å². The lowest BCUT2D eigenvalue weighted by Gasteiger charge is -1.99. The molecule has 3 rings (SSSR count). The highest BCUT2D eigenvalue weighted by Gasteiger charge is 2.13. The maximum Gasteiger partial charge on any atom is 0.287 e. The summed E-state index contributed by atoms with van der Waals surface area (Å²) in [5, 5.41) is 2.73. The van der Waals surface area contributed by atoms with E-state index < -0.39 is 0 Å². The number of carbonyl (C=O) groups excluding carboxylic acids is 1. The van der Waals surface area contributed by atoms with Gasteiger partial charge in [-0.3, -0.25) is 4.79 Å². The van der Waals surface area contributed by atoms with Crippen LogP contribution in [-0.2, 0) is 12.3 Å². The van der Waals surface area contributed by atoms with Gasteiger partial charge in [-0.1, -0.05) is 0 Å². The number of rotatable bonds is 6. The number of hydrogen-bond donors (Lipinski definition) is 1. The van der Waals surface area contributed by atoms with Crippen LogP contribution in [0.25, 0.3) is 11.1 Å². The molecule has 120 valence electrons. The maximum absolute atomic E-state index is 12.1. The molecule has 0 saturated heterocycles. The quantitative estimate of drug-likeness (QED) is 0.747.